The van der Waals surface area contributed by atoms with Crippen LogP contribution in [0.5, 0.6) is 0 Å². The van der Waals surface area contributed by atoms with Gasteiger partial charge in [-0.15, -0.1) is 0 Å². The Labute approximate surface area is 83.3 Å². The van der Waals surface area contributed by atoms with Gasteiger partial charge in [0.25, 0.3) is 0 Å². The lowest BCUT2D eigenvalue weighted by Crippen LogP contribution is -2.43. The van der Waals surface area contributed by atoms with Crippen molar-refractivity contribution in [3.8, 4) is 0 Å². The Morgan fingerprint density at radius 1 is 1.23 bits per heavy atom. The number of rotatable bonds is 7. The molecule has 0 radical (unpaired) electrons. The third-order valence-corrected chi connectivity index (χ3v) is 1.97. The normalized spacial score (nSPS) is 12.5. The molecule has 0 aromatic rings. The largest absolute Gasteiger partial charge is 0.324 e. The van der Waals surface area contributed by atoms with E-state index in [-0.39, 0.29) is 5.54 Å². The number of hydrogen-bond acceptors (Lipinski definition) is 2. The van der Waals surface area contributed by atoms with Crippen LogP contribution in [0.15, 0.2) is 0 Å². The second kappa shape index (κ2) is 6.39. The molecule has 0 heterocycles. The zero-order valence-corrected chi connectivity index (χ0v) is 9.69. The molecule has 0 saturated heterocycles. The van der Waals surface area contributed by atoms with E-state index < -0.39 is 0 Å². The van der Waals surface area contributed by atoms with Gasteiger partial charge in [-0.2, -0.15) is 0 Å². The lowest BCUT2D eigenvalue weighted by molar-refractivity contribution is 0.452. The smallest absolute Gasteiger partial charge is 0.0223 e. The summed E-state index contributed by atoms with van der Waals surface area (Å²) >= 11 is 0. The molecule has 2 heteroatoms. The van der Waals surface area contributed by atoms with E-state index in [0.717, 1.165) is 19.0 Å². The van der Waals surface area contributed by atoms with Crippen LogP contribution in [-0.2, 0) is 0 Å². The highest BCUT2D eigenvalue weighted by Gasteiger charge is 2.08. The molecule has 0 aromatic carbocycles. The highest BCUT2D eigenvalue weighted by atomic mass is 14.9. The molecule has 0 amide bonds. The van der Waals surface area contributed by atoms with Gasteiger partial charge in [0.1, 0.15) is 0 Å². The first-order valence-corrected chi connectivity index (χ1v) is 5.41. The monoisotopic (exact) mass is 186 g/mol. The maximum atomic E-state index is 5.84. The molecule has 0 unspecified atom stereocenters. The van der Waals surface area contributed by atoms with E-state index in [2.05, 4.69) is 19.2 Å². The van der Waals surface area contributed by atoms with Crippen molar-refractivity contribution in [2.45, 2.75) is 52.5 Å². The maximum absolute atomic E-state index is 5.84. The maximum Gasteiger partial charge on any atom is 0.0223 e. The van der Waals surface area contributed by atoms with Crippen molar-refractivity contribution in [1.29, 1.82) is 0 Å². The predicted octanol–water partition coefficient (Wildman–Crippen LogP) is 2.14. The van der Waals surface area contributed by atoms with Crippen molar-refractivity contribution in [1.82, 2.24) is 5.32 Å². The van der Waals surface area contributed by atoms with Crippen LogP contribution in [0.2, 0.25) is 0 Å². The van der Waals surface area contributed by atoms with E-state index in [1.165, 1.54) is 19.3 Å². The Balaban J connectivity index is 3.09. The minimum absolute atomic E-state index is 0.0714. The fourth-order valence-corrected chi connectivity index (χ4v) is 1.21. The van der Waals surface area contributed by atoms with Gasteiger partial charge in [0, 0.05) is 12.1 Å². The molecule has 2 nitrogen and oxygen atoms in total. The van der Waals surface area contributed by atoms with Crippen LogP contribution >= 0.6 is 0 Å². The molecule has 0 atom stereocenters. The number of unbranched alkanes of at least 4 members (excludes halogenated alkanes) is 1. The zero-order chi connectivity index (χ0) is 10.3. The van der Waals surface area contributed by atoms with Crippen LogP contribution < -0.4 is 11.1 Å². The van der Waals surface area contributed by atoms with Gasteiger partial charge in [0.05, 0.1) is 0 Å². The van der Waals surface area contributed by atoms with Crippen LogP contribution in [0.25, 0.3) is 0 Å². The van der Waals surface area contributed by atoms with Crippen molar-refractivity contribution >= 4 is 0 Å². The predicted molar refractivity (Wildman–Crippen MR) is 59.8 cm³/mol. The second-order valence-electron chi connectivity index (χ2n) is 5.05. The van der Waals surface area contributed by atoms with Crippen molar-refractivity contribution in [2.24, 2.45) is 11.7 Å². The molecule has 80 valence electrons. The quantitative estimate of drug-likeness (QED) is 0.598. The van der Waals surface area contributed by atoms with Crippen LogP contribution in [0.1, 0.15) is 47.0 Å². The first-order valence-electron chi connectivity index (χ1n) is 5.41. The van der Waals surface area contributed by atoms with Gasteiger partial charge < -0.3 is 11.1 Å². The topological polar surface area (TPSA) is 38.0 Å². The summed E-state index contributed by atoms with van der Waals surface area (Å²) in [5, 5.41) is 3.37. The van der Waals surface area contributed by atoms with E-state index in [9.17, 15) is 0 Å². The van der Waals surface area contributed by atoms with E-state index in [0.29, 0.717) is 0 Å². The van der Waals surface area contributed by atoms with E-state index in [1.54, 1.807) is 0 Å². The first-order chi connectivity index (χ1) is 5.92. The molecule has 0 aromatic heterocycles. The Morgan fingerprint density at radius 2 is 1.85 bits per heavy atom. The lowest BCUT2D eigenvalue weighted by Gasteiger charge is -2.18. The first kappa shape index (κ1) is 12.9. The Kier molecular flexibility index (Phi) is 6.35. The summed E-state index contributed by atoms with van der Waals surface area (Å²) in [5.41, 5.74) is 5.76. The minimum Gasteiger partial charge on any atom is -0.324 e. The van der Waals surface area contributed by atoms with Gasteiger partial charge in [0.2, 0.25) is 0 Å². The van der Waals surface area contributed by atoms with Crippen molar-refractivity contribution in [3.05, 3.63) is 0 Å². The summed E-state index contributed by atoms with van der Waals surface area (Å²) in [7, 11) is 0. The third kappa shape index (κ3) is 11.9. The average molecular weight is 186 g/mol. The fourth-order valence-electron chi connectivity index (χ4n) is 1.21. The summed E-state index contributed by atoms with van der Waals surface area (Å²) in [4.78, 5) is 0. The van der Waals surface area contributed by atoms with Crippen LogP contribution in [0.4, 0.5) is 0 Å². The second-order valence-corrected chi connectivity index (χ2v) is 5.05. The van der Waals surface area contributed by atoms with Crippen LogP contribution in [0.3, 0.4) is 0 Å². The van der Waals surface area contributed by atoms with Gasteiger partial charge in [-0.3, -0.25) is 0 Å². The van der Waals surface area contributed by atoms with E-state index in [4.69, 9.17) is 5.73 Å². The highest BCUT2D eigenvalue weighted by molar-refractivity contribution is 4.74. The molecule has 0 aliphatic heterocycles. The van der Waals surface area contributed by atoms with Crippen molar-refractivity contribution in [3.63, 3.8) is 0 Å². The highest BCUT2D eigenvalue weighted by Crippen LogP contribution is 2.05. The lowest BCUT2D eigenvalue weighted by atomic mass is 10.1. The molecule has 0 aliphatic rings. The number of nitrogens with one attached hydrogen (secondary N) is 1. The van der Waals surface area contributed by atoms with Crippen LogP contribution in [-0.4, -0.2) is 18.6 Å². The van der Waals surface area contributed by atoms with Gasteiger partial charge >= 0.3 is 0 Å². The number of hydrogen-bond donors (Lipinski definition) is 2. The Bertz CT molecular complexity index is 114. The molecule has 0 aliphatic carbocycles. The van der Waals surface area contributed by atoms with E-state index in [1.807, 2.05) is 13.8 Å². The van der Waals surface area contributed by atoms with Gasteiger partial charge in [-0.25, -0.2) is 0 Å². The third-order valence-electron chi connectivity index (χ3n) is 1.97. The SMILES string of the molecule is CC(C)CCCCNCC(C)(C)N. The minimum atomic E-state index is -0.0714. The summed E-state index contributed by atoms with van der Waals surface area (Å²) in [6.07, 6.45) is 3.94. The van der Waals surface area contributed by atoms with Crippen LogP contribution in [0, 0.1) is 5.92 Å². The Hall–Kier alpha value is -0.0800. The molecular formula is C11H26N2. The summed E-state index contributed by atoms with van der Waals surface area (Å²) < 4.78 is 0. The summed E-state index contributed by atoms with van der Waals surface area (Å²) in [6, 6.07) is 0. The molecule has 0 rings (SSSR count). The summed E-state index contributed by atoms with van der Waals surface area (Å²) in [6.45, 7) is 10.7. The summed E-state index contributed by atoms with van der Waals surface area (Å²) in [5.74, 6) is 0.839. The Morgan fingerprint density at radius 3 is 2.31 bits per heavy atom. The molecule has 0 spiro atoms. The van der Waals surface area contributed by atoms with Gasteiger partial charge in [-0.1, -0.05) is 26.7 Å². The zero-order valence-electron chi connectivity index (χ0n) is 9.69. The fraction of sp³-hybridized carbons (Fsp3) is 1.00. The molecule has 13 heavy (non-hydrogen) atoms. The molecule has 0 bridgehead atoms. The van der Waals surface area contributed by atoms with Gasteiger partial charge in [-0.05, 0) is 32.7 Å². The molecule has 3 N–H and O–H groups in total. The van der Waals surface area contributed by atoms with Gasteiger partial charge in [0.15, 0.2) is 0 Å². The molecule has 0 fully saturated rings. The molecule has 0 saturated carbocycles. The van der Waals surface area contributed by atoms with Crippen molar-refractivity contribution < 1.29 is 0 Å². The molecular weight excluding hydrogens is 160 g/mol. The number of nitrogens with two attached hydrogens (primary N) is 1. The van der Waals surface area contributed by atoms with E-state index >= 15 is 0 Å². The standard InChI is InChI=1S/C11H26N2/c1-10(2)7-5-6-8-13-9-11(3,4)12/h10,13H,5-9,12H2,1-4H3. The van der Waals surface area contributed by atoms with Crippen molar-refractivity contribution in [2.75, 3.05) is 13.1 Å². The average Bonchev–Trinajstić information content (AvgIpc) is 1.93.